The predicted molar refractivity (Wildman–Crippen MR) is 85.0 cm³/mol. The number of rotatable bonds is 4. The van der Waals surface area contributed by atoms with Crippen LogP contribution in [0.1, 0.15) is 29.4 Å². The van der Waals surface area contributed by atoms with Crippen molar-refractivity contribution in [1.29, 1.82) is 0 Å². The van der Waals surface area contributed by atoms with Crippen LogP contribution >= 0.6 is 0 Å². The molecule has 1 aromatic carbocycles. The summed E-state index contributed by atoms with van der Waals surface area (Å²) in [6.07, 6.45) is 0. The summed E-state index contributed by atoms with van der Waals surface area (Å²) in [5.74, 6) is -0.241. The number of carbonyl (C=O) groups is 1. The fourth-order valence-corrected chi connectivity index (χ4v) is 2.89. The van der Waals surface area contributed by atoms with E-state index in [1.54, 1.807) is 6.07 Å². The van der Waals surface area contributed by atoms with Gasteiger partial charge in [0.1, 0.15) is 5.82 Å². The zero-order chi connectivity index (χ0) is 16.4. The molecule has 6 heteroatoms. The zero-order valence-corrected chi connectivity index (χ0v) is 13.5. The number of halogens is 1. The standard InChI is InChI=1S/C17H21FN4O/c1-12-7-15(18)4-3-14(12)10-21-5-6-22-17(11-21)8-16(20-22)9-19-13(2)23/h3-4,7-8H,5-6,9-11H2,1-2H3,(H,19,23). The maximum absolute atomic E-state index is 13.2. The summed E-state index contributed by atoms with van der Waals surface area (Å²) >= 11 is 0. The summed E-state index contributed by atoms with van der Waals surface area (Å²) in [5.41, 5.74) is 4.17. The lowest BCUT2D eigenvalue weighted by molar-refractivity contribution is -0.119. The second-order valence-electron chi connectivity index (χ2n) is 6.04. The highest BCUT2D eigenvalue weighted by molar-refractivity contribution is 5.72. The molecule has 23 heavy (non-hydrogen) atoms. The van der Waals surface area contributed by atoms with Gasteiger partial charge in [0.2, 0.25) is 5.91 Å². The van der Waals surface area contributed by atoms with E-state index in [0.717, 1.165) is 48.7 Å². The fourth-order valence-electron chi connectivity index (χ4n) is 2.89. The van der Waals surface area contributed by atoms with Crippen LogP contribution in [0.25, 0.3) is 0 Å². The Balaban J connectivity index is 1.66. The van der Waals surface area contributed by atoms with Crippen LogP contribution in [0.15, 0.2) is 24.3 Å². The van der Waals surface area contributed by atoms with E-state index < -0.39 is 0 Å². The topological polar surface area (TPSA) is 50.2 Å². The maximum atomic E-state index is 13.2. The van der Waals surface area contributed by atoms with E-state index in [1.807, 2.05) is 23.7 Å². The lowest BCUT2D eigenvalue weighted by atomic mass is 10.1. The highest BCUT2D eigenvalue weighted by Crippen LogP contribution is 2.18. The SMILES string of the molecule is CC(=O)NCc1cc2n(n1)CCN(Cc1ccc(F)cc1C)C2. The average Bonchev–Trinajstić information content (AvgIpc) is 2.90. The van der Waals surface area contributed by atoms with E-state index in [-0.39, 0.29) is 11.7 Å². The van der Waals surface area contributed by atoms with Gasteiger partial charge in [-0.05, 0) is 36.2 Å². The van der Waals surface area contributed by atoms with Crippen LogP contribution in [0.4, 0.5) is 4.39 Å². The fraction of sp³-hybridized carbons (Fsp3) is 0.412. The van der Waals surface area contributed by atoms with E-state index in [0.29, 0.717) is 6.54 Å². The Hall–Kier alpha value is -2.21. The Bertz CT molecular complexity index is 725. The number of carbonyl (C=O) groups excluding carboxylic acids is 1. The van der Waals surface area contributed by atoms with Crippen molar-refractivity contribution in [2.75, 3.05) is 6.54 Å². The van der Waals surface area contributed by atoms with Gasteiger partial charge in [-0.25, -0.2) is 4.39 Å². The molecule has 1 amide bonds. The molecular weight excluding hydrogens is 295 g/mol. The molecule has 2 aromatic rings. The van der Waals surface area contributed by atoms with E-state index in [2.05, 4.69) is 15.3 Å². The Morgan fingerprint density at radius 2 is 2.17 bits per heavy atom. The minimum absolute atomic E-state index is 0.0515. The van der Waals surface area contributed by atoms with Crippen LogP contribution in [0.3, 0.4) is 0 Å². The van der Waals surface area contributed by atoms with E-state index in [9.17, 15) is 9.18 Å². The summed E-state index contributed by atoms with van der Waals surface area (Å²) in [6.45, 7) is 7.26. The molecule has 0 bridgehead atoms. The van der Waals surface area contributed by atoms with Crippen molar-refractivity contribution in [3.63, 3.8) is 0 Å². The maximum Gasteiger partial charge on any atom is 0.217 e. The minimum Gasteiger partial charge on any atom is -0.351 e. The number of nitrogens with zero attached hydrogens (tertiary/aromatic N) is 3. The Kier molecular flexibility index (Phi) is 4.43. The second kappa shape index (κ2) is 6.50. The van der Waals surface area contributed by atoms with Gasteiger partial charge in [0.15, 0.2) is 0 Å². The van der Waals surface area contributed by atoms with Crippen LogP contribution in [-0.2, 0) is 31.0 Å². The molecule has 1 aliphatic heterocycles. The van der Waals surface area contributed by atoms with Crippen molar-refractivity contribution in [1.82, 2.24) is 20.0 Å². The molecule has 0 saturated carbocycles. The molecule has 1 N–H and O–H groups in total. The van der Waals surface area contributed by atoms with Gasteiger partial charge in [-0.1, -0.05) is 6.07 Å². The zero-order valence-electron chi connectivity index (χ0n) is 13.5. The van der Waals surface area contributed by atoms with Crippen LogP contribution in [0.2, 0.25) is 0 Å². The van der Waals surface area contributed by atoms with Gasteiger partial charge in [-0.3, -0.25) is 14.4 Å². The number of hydrogen-bond acceptors (Lipinski definition) is 3. The molecule has 0 saturated heterocycles. The lowest BCUT2D eigenvalue weighted by Crippen LogP contribution is -2.33. The number of aromatic nitrogens is 2. The smallest absolute Gasteiger partial charge is 0.217 e. The highest BCUT2D eigenvalue weighted by atomic mass is 19.1. The van der Waals surface area contributed by atoms with Crippen LogP contribution in [-0.4, -0.2) is 27.1 Å². The number of fused-ring (bicyclic) bond motifs is 1. The molecule has 5 nitrogen and oxygen atoms in total. The first-order valence-electron chi connectivity index (χ1n) is 7.78. The Labute approximate surface area is 135 Å². The number of nitrogens with one attached hydrogen (secondary N) is 1. The summed E-state index contributed by atoms with van der Waals surface area (Å²) in [6, 6.07) is 7.00. The summed E-state index contributed by atoms with van der Waals surface area (Å²) < 4.78 is 15.2. The van der Waals surface area contributed by atoms with E-state index in [4.69, 9.17) is 0 Å². The normalized spacial score (nSPS) is 14.6. The van der Waals surface area contributed by atoms with Crippen molar-refractivity contribution in [2.45, 2.75) is 40.0 Å². The first kappa shape index (κ1) is 15.7. The molecule has 0 aliphatic carbocycles. The van der Waals surface area contributed by atoms with Crippen molar-refractivity contribution in [3.05, 3.63) is 52.6 Å². The first-order chi connectivity index (χ1) is 11.0. The van der Waals surface area contributed by atoms with Gasteiger partial charge in [0, 0.05) is 26.6 Å². The van der Waals surface area contributed by atoms with E-state index >= 15 is 0 Å². The molecule has 0 fully saturated rings. The minimum atomic E-state index is -0.189. The molecule has 0 spiro atoms. The number of benzene rings is 1. The lowest BCUT2D eigenvalue weighted by Gasteiger charge is -2.28. The molecule has 0 radical (unpaired) electrons. The molecule has 2 heterocycles. The van der Waals surface area contributed by atoms with Crippen molar-refractivity contribution in [2.24, 2.45) is 0 Å². The van der Waals surface area contributed by atoms with Gasteiger partial charge in [0.25, 0.3) is 0 Å². The van der Waals surface area contributed by atoms with Crippen LogP contribution in [0, 0.1) is 12.7 Å². The number of amides is 1. The molecule has 1 aromatic heterocycles. The molecule has 3 rings (SSSR count). The summed E-state index contributed by atoms with van der Waals surface area (Å²) in [4.78, 5) is 13.3. The average molecular weight is 316 g/mol. The Morgan fingerprint density at radius 3 is 2.91 bits per heavy atom. The largest absolute Gasteiger partial charge is 0.351 e. The quantitative estimate of drug-likeness (QED) is 0.938. The van der Waals surface area contributed by atoms with Crippen molar-refractivity contribution >= 4 is 5.91 Å². The van der Waals surface area contributed by atoms with Gasteiger partial charge in [0.05, 0.1) is 24.5 Å². The number of hydrogen-bond donors (Lipinski definition) is 1. The summed E-state index contributed by atoms with van der Waals surface area (Å²) in [7, 11) is 0. The van der Waals surface area contributed by atoms with Crippen molar-refractivity contribution in [3.8, 4) is 0 Å². The van der Waals surface area contributed by atoms with Gasteiger partial charge in [-0.2, -0.15) is 5.10 Å². The molecule has 1 aliphatic rings. The third kappa shape index (κ3) is 3.76. The van der Waals surface area contributed by atoms with Crippen LogP contribution in [0.5, 0.6) is 0 Å². The van der Waals surface area contributed by atoms with Crippen molar-refractivity contribution < 1.29 is 9.18 Å². The van der Waals surface area contributed by atoms with Gasteiger partial charge in [-0.15, -0.1) is 0 Å². The van der Waals surface area contributed by atoms with Crippen LogP contribution < -0.4 is 5.32 Å². The first-order valence-corrected chi connectivity index (χ1v) is 7.78. The summed E-state index contributed by atoms with van der Waals surface area (Å²) in [5, 5.41) is 7.29. The molecule has 0 unspecified atom stereocenters. The molecular formula is C17H21FN4O. The Morgan fingerprint density at radius 1 is 1.35 bits per heavy atom. The third-order valence-electron chi connectivity index (χ3n) is 4.14. The third-order valence-corrected chi connectivity index (χ3v) is 4.14. The van der Waals surface area contributed by atoms with E-state index in [1.165, 1.54) is 13.0 Å². The molecule has 122 valence electrons. The van der Waals surface area contributed by atoms with Gasteiger partial charge >= 0.3 is 0 Å². The predicted octanol–water partition coefficient (Wildman–Crippen LogP) is 1.98. The highest BCUT2D eigenvalue weighted by Gasteiger charge is 2.19. The number of aryl methyl sites for hydroxylation is 1. The van der Waals surface area contributed by atoms with Gasteiger partial charge < -0.3 is 5.32 Å². The second-order valence-corrected chi connectivity index (χ2v) is 6.04. The monoisotopic (exact) mass is 316 g/mol. The molecule has 0 atom stereocenters.